The molecule has 0 heterocycles. The summed E-state index contributed by atoms with van der Waals surface area (Å²) in [6.45, 7) is 5.05. The molecule has 2 amide bonds. The molecule has 1 rings (SSSR count). The summed E-state index contributed by atoms with van der Waals surface area (Å²) in [5, 5.41) is 5.43. The lowest BCUT2D eigenvalue weighted by Gasteiger charge is -2.12. The molecule has 5 heteroatoms. The van der Waals surface area contributed by atoms with E-state index in [4.69, 9.17) is 4.74 Å². The van der Waals surface area contributed by atoms with Crippen molar-refractivity contribution in [2.24, 2.45) is 5.92 Å². The molecule has 0 aliphatic carbocycles. The summed E-state index contributed by atoms with van der Waals surface area (Å²) in [5.41, 5.74) is 0.940. The van der Waals surface area contributed by atoms with E-state index in [9.17, 15) is 9.59 Å². The molecule has 0 aliphatic heterocycles. The number of unbranched alkanes of at least 4 members (excludes halogenated alkanes) is 1. The van der Waals surface area contributed by atoms with Crippen LogP contribution >= 0.6 is 0 Å². The van der Waals surface area contributed by atoms with Gasteiger partial charge in [-0.25, -0.2) is 4.79 Å². The van der Waals surface area contributed by atoms with Gasteiger partial charge in [0.1, 0.15) is 6.61 Å². The molecule has 0 radical (unpaired) electrons. The number of ether oxygens (including phenoxy) is 1. The van der Waals surface area contributed by atoms with Crippen LogP contribution in [0.25, 0.3) is 0 Å². The maximum Gasteiger partial charge on any atom is 0.407 e. The smallest absolute Gasteiger partial charge is 0.407 e. The van der Waals surface area contributed by atoms with Gasteiger partial charge in [-0.1, -0.05) is 57.0 Å². The van der Waals surface area contributed by atoms with Crippen molar-refractivity contribution in [3.8, 4) is 0 Å². The number of hydrogen-bond donors (Lipinski definition) is 2. The molecule has 5 nitrogen and oxygen atoms in total. The highest BCUT2D eigenvalue weighted by Gasteiger charge is 2.11. The standard InChI is InChI=1S/C17H26N2O3/c1-3-4-8-14(2)16(20)18-11-12-19-17(21)22-13-15-9-6-5-7-10-15/h5-7,9-10,14H,3-4,8,11-13H2,1-2H3,(H,18,20)(H,19,21). The van der Waals surface area contributed by atoms with E-state index in [2.05, 4.69) is 17.6 Å². The Morgan fingerprint density at radius 2 is 1.82 bits per heavy atom. The molecule has 1 atom stereocenters. The first kappa shape index (κ1) is 18.0. The summed E-state index contributed by atoms with van der Waals surface area (Å²) in [6.07, 6.45) is 2.57. The number of alkyl carbamates (subject to hydrolysis) is 1. The quantitative estimate of drug-likeness (QED) is 0.689. The molecular formula is C17H26N2O3. The third-order valence-corrected chi connectivity index (χ3v) is 3.34. The summed E-state index contributed by atoms with van der Waals surface area (Å²) in [4.78, 5) is 23.2. The number of rotatable bonds is 9. The van der Waals surface area contributed by atoms with Gasteiger partial charge in [0.2, 0.25) is 5.91 Å². The van der Waals surface area contributed by atoms with E-state index in [-0.39, 0.29) is 18.4 Å². The van der Waals surface area contributed by atoms with Crippen LogP contribution in [-0.2, 0) is 16.1 Å². The van der Waals surface area contributed by atoms with Crippen molar-refractivity contribution in [2.75, 3.05) is 13.1 Å². The van der Waals surface area contributed by atoms with Crippen LogP contribution in [0.1, 0.15) is 38.7 Å². The Labute approximate surface area is 132 Å². The second kappa shape index (κ2) is 10.7. The summed E-state index contributed by atoms with van der Waals surface area (Å²) in [5.74, 6) is 0.0536. The topological polar surface area (TPSA) is 67.4 Å². The lowest BCUT2D eigenvalue weighted by Crippen LogP contribution is -2.37. The maximum absolute atomic E-state index is 11.7. The van der Waals surface area contributed by atoms with Gasteiger partial charge in [-0.05, 0) is 12.0 Å². The monoisotopic (exact) mass is 306 g/mol. The normalized spacial score (nSPS) is 11.5. The number of hydrogen-bond acceptors (Lipinski definition) is 3. The molecular weight excluding hydrogens is 280 g/mol. The van der Waals surface area contributed by atoms with E-state index in [1.54, 1.807) is 0 Å². The fourth-order valence-electron chi connectivity index (χ4n) is 1.94. The van der Waals surface area contributed by atoms with Crippen LogP contribution in [0.2, 0.25) is 0 Å². The zero-order valence-corrected chi connectivity index (χ0v) is 13.4. The van der Waals surface area contributed by atoms with Crippen LogP contribution in [0.15, 0.2) is 30.3 Å². The SMILES string of the molecule is CCCCC(C)C(=O)NCCNC(=O)OCc1ccccc1. The van der Waals surface area contributed by atoms with Gasteiger partial charge in [-0.15, -0.1) is 0 Å². The second-order valence-corrected chi connectivity index (χ2v) is 5.32. The van der Waals surface area contributed by atoms with Crippen LogP contribution in [-0.4, -0.2) is 25.1 Å². The van der Waals surface area contributed by atoms with Crippen molar-refractivity contribution in [1.29, 1.82) is 0 Å². The fraction of sp³-hybridized carbons (Fsp3) is 0.529. The highest BCUT2D eigenvalue weighted by Crippen LogP contribution is 2.06. The first-order chi connectivity index (χ1) is 10.6. The third kappa shape index (κ3) is 7.67. The molecule has 122 valence electrons. The Hall–Kier alpha value is -2.04. The number of carbonyl (C=O) groups excluding carboxylic acids is 2. The molecule has 0 fully saturated rings. The average molecular weight is 306 g/mol. The van der Waals surface area contributed by atoms with Gasteiger partial charge >= 0.3 is 6.09 Å². The van der Waals surface area contributed by atoms with Gasteiger partial charge < -0.3 is 15.4 Å². The molecule has 0 saturated heterocycles. The van der Waals surface area contributed by atoms with Gasteiger partial charge in [-0.2, -0.15) is 0 Å². The summed E-state index contributed by atoms with van der Waals surface area (Å²) < 4.78 is 5.07. The Balaban J connectivity index is 2.08. The van der Waals surface area contributed by atoms with Crippen LogP contribution in [0.5, 0.6) is 0 Å². The maximum atomic E-state index is 11.7. The molecule has 2 N–H and O–H groups in total. The third-order valence-electron chi connectivity index (χ3n) is 3.34. The Bertz CT molecular complexity index is 448. The van der Waals surface area contributed by atoms with E-state index in [0.717, 1.165) is 24.8 Å². The van der Waals surface area contributed by atoms with Crippen LogP contribution in [0.3, 0.4) is 0 Å². The molecule has 1 aromatic rings. The first-order valence-electron chi connectivity index (χ1n) is 7.85. The first-order valence-corrected chi connectivity index (χ1v) is 7.85. The Kier molecular flexibility index (Phi) is 8.72. The summed E-state index contributed by atoms with van der Waals surface area (Å²) >= 11 is 0. The molecule has 0 bridgehead atoms. The predicted molar refractivity (Wildman–Crippen MR) is 86.3 cm³/mol. The van der Waals surface area contributed by atoms with E-state index in [1.807, 2.05) is 37.3 Å². The number of amides is 2. The van der Waals surface area contributed by atoms with E-state index in [0.29, 0.717) is 13.1 Å². The van der Waals surface area contributed by atoms with Crippen molar-refractivity contribution in [2.45, 2.75) is 39.7 Å². The molecule has 22 heavy (non-hydrogen) atoms. The van der Waals surface area contributed by atoms with Crippen molar-refractivity contribution in [3.63, 3.8) is 0 Å². The van der Waals surface area contributed by atoms with Gasteiger partial charge in [0.15, 0.2) is 0 Å². The number of carbonyl (C=O) groups is 2. The zero-order valence-electron chi connectivity index (χ0n) is 13.4. The minimum atomic E-state index is -0.475. The highest BCUT2D eigenvalue weighted by atomic mass is 16.5. The van der Waals surface area contributed by atoms with Gasteiger partial charge in [0.25, 0.3) is 0 Å². The average Bonchev–Trinajstić information content (AvgIpc) is 2.55. The Morgan fingerprint density at radius 1 is 1.14 bits per heavy atom. The molecule has 0 aromatic heterocycles. The van der Waals surface area contributed by atoms with Gasteiger partial charge in [-0.3, -0.25) is 4.79 Å². The summed E-state index contributed by atoms with van der Waals surface area (Å²) in [7, 11) is 0. The minimum absolute atomic E-state index is 0.0185. The van der Waals surface area contributed by atoms with Crippen LogP contribution < -0.4 is 10.6 Å². The zero-order chi connectivity index (χ0) is 16.2. The lowest BCUT2D eigenvalue weighted by molar-refractivity contribution is -0.124. The molecule has 0 spiro atoms. The molecule has 0 aliphatic rings. The van der Waals surface area contributed by atoms with E-state index >= 15 is 0 Å². The molecule has 1 unspecified atom stereocenters. The predicted octanol–water partition coefficient (Wildman–Crippen LogP) is 2.86. The largest absolute Gasteiger partial charge is 0.445 e. The van der Waals surface area contributed by atoms with Crippen LogP contribution in [0.4, 0.5) is 4.79 Å². The van der Waals surface area contributed by atoms with E-state index in [1.165, 1.54) is 0 Å². The highest BCUT2D eigenvalue weighted by molar-refractivity contribution is 5.78. The molecule has 1 aromatic carbocycles. The lowest BCUT2D eigenvalue weighted by atomic mass is 10.0. The number of nitrogens with one attached hydrogen (secondary N) is 2. The van der Waals surface area contributed by atoms with Gasteiger partial charge in [0, 0.05) is 19.0 Å². The van der Waals surface area contributed by atoms with Gasteiger partial charge in [0.05, 0.1) is 0 Å². The number of benzene rings is 1. The Morgan fingerprint density at radius 3 is 2.50 bits per heavy atom. The van der Waals surface area contributed by atoms with Crippen molar-refractivity contribution >= 4 is 12.0 Å². The van der Waals surface area contributed by atoms with Crippen molar-refractivity contribution in [3.05, 3.63) is 35.9 Å². The second-order valence-electron chi connectivity index (χ2n) is 5.32. The van der Waals surface area contributed by atoms with Crippen LogP contribution in [0, 0.1) is 5.92 Å². The minimum Gasteiger partial charge on any atom is -0.445 e. The fourth-order valence-corrected chi connectivity index (χ4v) is 1.94. The van der Waals surface area contributed by atoms with Crippen molar-refractivity contribution in [1.82, 2.24) is 10.6 Å². The summed E-state index contributed by atoms with van der Waals surface area (Å²) in [6, 6.07) is 9.49. The van der Waals surface area contributed by atoms with Crippen molar-refractivity contribution < 1.29 is 14.3 Å². The van der Waals surface area contributed by atoms with E-state index < -0.39 is 6.09 Å². The molecule has 0 saturated carbocycles.